The first-order valence-corrected chi connectivity index (χ1v) is 12.8. The molecule has 7 nitrogen and oxygen atoms in total. The zero-order valence-electron chi connectivity index (χ0n) is 21.8. The first-order chi connectivity index (χ1) is 17.3. The van der Waals surface area contributed by atoms with E-state index in [9.17, 15) is 9.59 Å². The molecule has 36 heavy (non-hydrogen) atoms. The topological polar surface area (TPSA) is 75.0 Å². The SMILES string of the molecule is COc1ccc2c(C)c(CCC(=O)NC(C)CCN3CCN(c4cccc(C)c4)CC3)c(=O)oc2c1. The van der Waals surface area contributed by atoms with Crippen molar-refractivity contribution >= 4 is 22.6 Å². The highest BCUT2D eigenvalue weighted by molar-refractivity contribution is 5.82. The minimum atomic E-state index is -0.390. The van der Waals surface area contributed by atoms with E-state index in [0.29, 0.717) is 23.3 Å². The smallest absolute Gasteiger partial charge is 0.339 e. The highest BCUT2D eigenvalue weighted by atomic mass is 16.5. The Morgan fingerprint density at radius 1 is 1.11 bits per heavy atom. The van der Waals surface area contributed by atoms with Gasteiger partial charge in [0, 0.05) is 67.9 Å². The van der Waals surface area contributed by atoms with Gasteiger partial charge in [-0.3, -0.25) is 9.69 Å². The van der Waals surface area contributed by atoms with Crippen LogP contribution < -0.4 is 20.6 Å². The van der Waals surface area contributed by atoms with E-state index < -0.39 is 0 Å². The van der Waals surface area contributed by atoms with Crippen LogP contribution in [0.4, 0.5) is 5.69 Å². The molecule has 7 heteroatoms. The Morgan fingerprint density at radius 2 is 1.89 bits per heavy atom. The molecular weight excluding hydrogens is 454 g/mol. The van der Waals surface area contributed by atoms with Crippen LogP contribution in [0.2, 0.25) is 0 Å². The molecule has 192 valence electrons. The van der Waals surface area contributed by atoms with Gasteiger partial charge >= 0.3 is 5.63 Å². The van der Waals surface area contributed by atoms with Crippen LogP contribution in [0, 0.1) is 13.8 Å². The van der Waals surface area contributed by atoms with Gasteiger partial charge < -0.3 is 19.4 Å². The molecule has 0 radical (unpaired) electrons. The summed E-state index contributed by atoms with van der Waals surface area (Å²) in [7, 11) is 1.58. The fourth-order valence-electron chi connectivity index (χ4n) is 4.88. The predicted molar refractivity (Wildman–Crippen MR) is 144 cm³/mol. The monoisotopic (exact) mass is 491 g/mol. The number of anilines is 1. The molecule has 1 atom stereocenters. The van der Waals surface area contributed by atoms with Gasteiger partial charge in [-0.05, 0) is 69.0 Å². The molecular formula is C29H37N3O4. The van der Waals surface area contributed by atoms with Crippen LogP contribution in [0.3, 0.4) is 0 Å². The second-order valence-corrected chi connectivity index (χ2v) is 9.78. The van der Waals surface area contributed by atoms with E-state index in [1.165, 1.54) is 11.3 Å². The van der Waals surface area contributed by atoms with Crippen LogP contribution >= 0.6 is 0 Å². The quantitative estimate of drug-likeness (QED) is 0.455. The Morgan fingerprint density at radius 3 is 2.61 bits per heavy atom. The largest absolute Gasteiger partial charge is 0.497 e. The first kappa shape index (κ1) is 25.8. The lowest BCUT2D eigenvalue weighted by Gasteiger charge is -2.36. The molecule has 0 bridgehead atoms. The molecule has 1 N–H and O–H groups in total. The minimum absolute atomic E-state index is 0.0413. The van der Waals surface area contributed by atoms with Crippen molar-refractivity contribution in [2.24, 2.45) is 0 Å². The van der Waals surface area contributed by atoms with Crippen LogP contribution in [0.5, 0.6) is 5.75 Å². The average molecular weight is 492 g/mol. The number of piperazine rings is 1. The van der Waals surface area contributed by atoms with Gasteiger partial charge in [0.1, 0.15) is 11.3 Å². The predicted octanol–water partition coefficient (Wildman–Crippen LogP) is 4.07. The molecule has 2 heterocycles. The summed E-state index contributed by atoms with van der Waals surface area (Å²) in [6.07, 6.45) is 1.51. The zero-order chi connectivity index (χ0) is 25.7. The van der Waals surface area contributed by atoms with Crippen molar-refractivity contribution < 1.29 is 13.9 Å². The van der Waals surface area contributed by atoms with E-state index in [-0.39, 0.29) is 24.0 Å². The Kier molecular flexibility index (Phi) is 8.31. The third kappa shape index (κ3) is 6.26. The summed E-state index contributed by atoms with van der Waals surface area (Å²) in [5.74, 6) is 0.597. The van der Waals surface area contributed by atoms with Crippen molar-refractivity contribution in [2.75, 3.05) is 44.7 Å². The summed E-state index contributed by atoms with van der Waals surface area (Å²) >= 11 is 0. The number of fused-ring (bicyclic) bond motifs is 1. The first-order valence-electron chi connectivity index (χ1n) is 12.8. The number of nitrogens with one attached hydrogen (secondary N) is 1. The number of carbonyl (C=O) groups is 1. The zero-order valence-corrected chi connectivity index (χ0v) is 21.8. The number of rotatable bonds is 9. The van der Waals surface area contributed by atoms with Crippen molar-refractivity contribution in [2.45, 2.75) is 46.1 Å². The van der Waals surface area contributed by atoms with E-state index in [1.807, 2.05) is 26.0 Å². The van der Waals surface area contributed by atoms with Crippen LogP contribution in [0.1, 0.15) is 36.5 Å². The standard InChI is InChI=1S/C29H37N3O4/c1-20-6-5-7-23(18-20)32-16-14-31(15-17-32)13-12-21(2)30-28(33)11-10-26-22(3)25-9-8-24(35-4)19-27(25)36-29(26)34/h5-9,18-19,21H,10-17H2,1-4H3,(H,30,33). The number of aryl methyl sites for hydroxylation is 2. The number of hydrogen-bond donors (Lipinski definition) is 1. The second kappa shape index (κ2) is 11.6. The molecule has 1 aliphatic rings. The Bertz CT molecular complexity index is 1260. The highest BCUT2D eigenvalue weighted by Gasteiger charge is 2.19. The van der Waals surface area contributed by atoms with Crippen molar-refractivity contribution in [3.05, 3.63) is 69.6 Å². The summed E-state index contributed by atoms with van der Waals surface area (Å²) in [5, 5.41) is 3.96. The van der Waals surface area contributed by atoms with Gasteiger partial charge in [0.05, 0.1) is 7.11 Å². The van der Waals surface area contributed by atoms with Crippen molar-refractivity contribution in [3.8, 4) is 5.75 Å². The lowest BCUT2D eigenvalue weighted by Crippen LogP contribution is -2.47. The number of hydrogen-bond acceptors (Lipinski definition) is 6. The molecule has 0 saturated carbocycles. The van der Waals surface area contributed by atoms with Crippen LogP contribution in [0.15, 0.2) is 51.7 Å². The number of carbonyl (C=O) groups excluding carboxylic acids is 1. The maximum Gasteiger partial charge on any atom is 0.339 e. The minimum Gasteiger partial charge on any atom is -0.497 e. The summed E-state index contributed by atoms with van der Waals surface area (Å²) < 4.78 is 10.7. The van der Waals surface area contributed by atoms with Crippen LogP contribution in [-0.4, -0.2) is 56.7 Å². The number of amides is 1. The molecule has 2 aromatic carbocycles. The second-order valence-electron chi connectivity index (χ2n) is 9.78. The maximum absolute atomic E-state index is 12.6. The lowest BCUT2D eigenvalue weighted by atomic mass is 10.0. The summed E-state index contributed by atoms with van der Waals surface area (Å²) in [6, 6.07) is 14.2. The molecule has 4 rings (SSSR count). The van der Waals surface area contributed by atoms with Crippen LogP contribution in [-0.2, 0) is 11.2 Å². The number of ether oxygens (including phenoxy) is 1. The molecule has 1 unspecified atom stereocenters. The molecule has 1 saturated heterocycles. The van der Waals surface area contributed by atoms with Gasteiger partial charge in [-0.25, -0.2) is 4.79 Å². The summed E-state index contributed by atoms with van der Waals surface area (Å²) in [4.78, 5) is 30.0. The van der Waals surface area contributed by atoms with Crippen molar-refractivity contribution in [3.63, 3.8) is 0 Å². The molecule has 1 aromatic heterocycles. The van der Waals surface area contributed by atoms with E-state index in [0.717, 1.165) is 50.1 Å². The molecule has 3 aromatic rings. The van der Waals surface area contributed by atoms with E-state index in [4.69, 9.17) is 9.15 Å². The number of benzene rings is 2. The molecule has 0 spiro atoms. The summed E-state index contributed by atoms with van der Waals surface area (Å²) in [5.41, 5.74) is 4.11. The van der Waals surface area contributed by atoms with Gasteiger partial charge in [0.25, 0.3) is 0 Å². The highest BCUT2D eigenvalue weighted by Crippen LogP contribution is 2.24. The van der Waals surface area contributed by atoms with Crippen molar-refractivity contribution in [1.29, 1.82) is 0 Å². The molecule has 1 amide bonds. The Labute approximate surface area is 213 Å². The molecule has 0 aliphatic carbocycles. The Hall–Kier alpha value is -3.32. The normalized spacial score (nSPS) is 15.2. The van der Waals surface area contributed by atoms with Gasteiger partial charge in [-0.1, -0.05) is 12.1 Å². The van der Waals surface area contributed by atoms with E-state index in [1.54, 1.807) is 13.2 Å². The van der Waals surface area contributed by atoms with Crippen molar-refractivity contribution in [1.82, 2.24) is 10.2 Å². The van der Waals surface area contributed by atoms with Gasteiger partial charge in [-0.2, -0.15) is 0 Å². The fraction of sp³-hybridized carbons (Fsp3) is 0.448. The third-order valence-corrected chi connectivity index (χ3v) is 7.12. The number of methoxy groups -OCH3 is 1. The fourth-order valence-corrected chi connectivity index (χ4v) is 4.88. The van der Waals surface area contributed by atoms with Gasteiger partial charge in [0.2, 0.25) is 5.91 Å². The van der Waals surface area contributed by atoms with E-state index in [2.05, 4.69) is 46.3 Å². The number of nitrogens with zero attached hydrogens (tertiary/aromatic N) is 2. The van der Waals surface area contributed by atoms with Gasteiger partial charge in [-0.15, -0.1) is 0 Å². The summed E-state index contributed by atoms with van der Waals surface area (Å²) in [6.45, 7) is 11.1. The lowest BCUT2D eigenvalue weighted by molar-refractivity contribution is -0.121. The average Bonchev–Trinajstić information content (AvgIpc) is 2.87. The Balaban J connectivity index is 1.22. The third-order valence-electron chi connectivity index (χ3n) is 7.12. The van der Waals surface area contributed by atoms with Gasteiger partial charge in [0.15, 0.2) is 0 Å². The molecule has 1 aliphatic heterocycles. The molecule has 1 fully saturated rings. The van der Waals surface area contributed by atoms with E-state index >= 15 is 0 Å². The van der Waals surface area contributed by atoms with Crippen LogP contribution in [0.25, 0.3) is 11.0 Å². The maximum atomic E-state index is 12.6.